The van der Waals surface area contributed by atoms with Gasteiger partial charge < -0.3 is 10.2 Å². The normalized spacial score (nSPS) is 22.8. The molecule has 1 aliphatic rings. The Labute approximate surface area is 144 Å². The van der Waals surface area contributed by atoms with Crippen molar-refractivity contribution in [2.75, 3.05) is 10.2 Å². The highest BCUT2D eigenvalue weighted by atomic mass is 16.2. The van der Waals surface area contributed by atoms with E-state index < -0.39 is 0 Å². The fourth-order valence-electron chi connectivity index (χ4n) is 3.86. The van der Waals surface area contributed by atoms with E-state index in [0.29, 0.717) is 12.3 Å². The Morgan fingerprint density at radius 2 is 1.71 bits per heavy atom. The van der Waals surface area contributed by atoms with Crippen molar-refractivity contribution in [1.82, 2.24) is 0 Å². The maximum atomic E-state index is 12.6. The van der Waals surface area contributed by atoms with Gasteiger partial charge in [-0.25, -0.2) is 0 Å². The molecule has 0 fully saturated rings. The minimum Gasteiger partial charge on any atom is -0.378 e. The lowest BCUT2D eigenvalue weighted by Gasteiger charge is -2.45. The highest BCUT2D eigenvalue weighted by Gasteiger charge is 2.39. The Balaban J connectivity index is 2.05. The van der Waals surface area contributed by atoms with Crippen molar-refractivity contribution < 1.29 is 4.79 Å². The van der Waals surface area contributed by atoms with Crippen LogP contribution < -0.4 is 10.2 Å². The molecule has 2 aromatic carbocycles. The fourth-order valence-corrected chi connectivity index (χ4v) is 3.86. The SMILES string of the molecule is CCC(=O)N1c2ccccc2C(Nc2ccccc2)[C@@H](C)C1CC. The minimum absolute atomic E-state index is 0.203. The average molecular weight is 322 g/mol. The van der Waals surface area contributed by atoms with E-state index in [2.05, 4.69) is 49.5 Å². The van der Waals surface area contributed by atoms with Crippen LogP contribution in [0.15, 0.2) is 54.6 Å². The standard InChI is InChI=1S/C21H26N2O/c1-4-18-15(3)21(22-16-11-7-6-8-12-16)17-13-9-10-14-19(17)23(18)20(24)5-2/h6-15,18,21-22H,4-5H2,1-3H3/t15-,18?,21?/m0/s1. The first-order valence-corrected chi connectivity index (χ1v) is 8.89. The molecule has 1 aliphatic heterocycles. The van der Waals surface area contributed by atoms with E-state index in [1.54, 1.807) is 0 Å². The predicted molar refractivity (Wildman–Crippen MR) is 100 cm³/mol. The Morgan fingerprint density at radius 3 is 2.38 bits per heavy atom. The van der Waals surface area contributed by atoms with Gasteiger partial charge in [0, 0.05) is 29.8 Å². The summed E-state index contributed by atoms with van der Waals surface area (Å²) < 4.78 is 0. The van der Waals surface area contributed by atoms with E-state index in [-0.39, 0.29) is 18.0 Å². The summed E-state index contributed by atoms with van der Waals surface area (Å²) in [4.78, 5) is 14.6. The van der Waals surface area contributed by atoms with Crippen LogP contribution in [-0.2, 0) is 4.79 Å². The number of nitrogens with zero attached hydrogens (tertiary/aromatic N) is 1. The molecule has 0 radical (unpaired) electrons. The zero-order valence-corrected chi connectivity index (χ0v) is 14.7. The van der Waals surface area contributed by atoms with Gasteiger partial charge in [0.15, 0.2) is 0 Å². The van der Waals surface area contributed by atoms with Crippen LogP contribution in [-0.4, -0.2) is 11.9 Å². The number of nitrogens with one attached hydrogen (secondary N) is 1. The average Bonchev–Trinajstić information content (AvgIpc) is 2.63. The third kappa shape index (κ3) is 2.91. The van der Waals surface area contributed by atoms with Crippen molar-refractivity contribution in [2.24, 2.45) is 5.92 Å². The first-order chi connectivity index (χ1) is 11.7. The molecule has 3 atom stereocenters. The second-order valence-electron chi connectivity index (χ2n) is 6.50. The van der Waals surface area contributed by atoms with Gasteiger partial charge in [-0.3, -0.25) is 4.79 Å². The quantitative estimate of drug-likeness (QED) is 0.858. The molecule has 2 aromatic rings. The monoisotopic (exact) mass is 322 g/mol. The van der Waals surface area contributed by atoms with E-state index in [9.17, 15) is 4.79 Å². The highest BCUT2D eigenvalue weighted by molar-refractivity contribution is 5.95. The Hall–Kier alpha value is -2.29. The Morgan fingerprint density at radius 1 is 1.04 bits per heavy atom. The summed E-state index contributed by atoms with van der Waals surface area (Å²) in [7, 11) is 0. The topological polar surface area (TPSA) is 32.3 Å². The van der Waals surface area contributed by atoms with Gasteiger partial charge in [0.1, 0.15) is 0 Å². The number of para-hydroxylation sites is 2. The lowest BCUT2D eigenvalue weighted by Crippen LogP contribution is -2.50. The summed E-state index contributed by atoms with van der Waals surface area (Å²) in [6, 6.07) is 19.1. The van der Waals surface area contributed by atoms with E-state index >= 15 is 0 Å². The van der Waals surface area contributed by atoms with Crippen LogP contribution in [0.2, 0.25) is 0 Å². The second kappa shape index (κ2) is 7.08. The predicted octanol–water partition coefficient (Wildman–Crippen LogP) is 5.01. The van der Waals surface area contributed by atoms with Crippen LogP contribution in [0.25, 0.3) is 0 Å². The molecule has 1 heterocycles. The maximum Gasteiger partial charge on any atom is 0.226 e. The van der Waals surface area contributed by atoms with Gasteiger partial charge in [-0.1, -0.05) is 57.2 Å². The first kappa shape index (κ1) is 16.6. The molecule has 0 bridgehead atoms. The van der Waals surface area contributed by atoms with Gasteiger partial charge in [0.2, 0.25) is 5.91 Å². The molecule has 0 aromatic heterocycles. The molecule has 3 nitrogen and oxygen atoms in total. The fraction of sp³-hybridized carbons (Fsp3) is 0.381. The second-order valence-corrected chi connectivity index (χ2v) is 6.50. The zero-order chi connectivity index (χ0) is 17.1. The van der Waals surface area contributed by atoms with Gasteiger partial charge in [0.25, 0.3) is 0 Å². The third-order valence-electron chi connectivity index (χ3n) is 5.08. The minimum atomic E-state index is 0.203. The third-order valence-corrected chi connectivity index (χ3v) is 5.08. The summed E-state index contributed by atoms with van der Waals surface area (Å²) in [5.41, 5.74) is 3.39. The molecule has 3 rings (SSSR count). The van der Waals surface area contributed by atoms with Crippen molar-refractivity contribution in [2.45, 2.75) is 45.7 Å². The first-order valence-electron chi connectivity index (χ1n) is 8.89. The van der Waals surface area contributed by atoms with Crippen LogP contribution >= 0.6 is 0 Å². The molecule has 0 spiro atoms. The van der Waals surface area contributed by atoms with E-state index in [1.165, 1.54) is 5.56 Å². The molecule has 0 saturated carbocycles. The van der Waals surface area contributed by atoms with Crippen molar-refractivity contribution in [3.05, 3.63) is 60.2 Å². The summed E-state index contributed by atoms with van der Waals surface area (Å²) in [5, 5.41) is 3.69. The molecule has 1 amide bonds. The molecular weight excluding hydrogens is 296 g/mol. The number of hydrogen-bond acceptors (Lipinski definition) is 2. The molecular formula is C21H26N2O. The van der Waals surface area contributed by atoms with Crippen molar-refractivity contribution >= 4 is 17.3 Å². The number of benzene rings is 2. The lowest BCUT2D eigenvalue weighted by molar-refractivity contribution is -0.119. The maximum absolute atomic E-state index is 12.6. The van der Waals surface area contributed by atoms with Gasteiger partial charge in [-0.2, -0.15) is 0 Å². The smallest absolute Gasteiger partial charge is 0.226 e. The number of carbonyl (C=O) groups excluding carboxylic acids is 1. The number of amides is 1. The zero-order valence-electron chi connectivity index (χ0n) is 14.7. The molecule has 126 valence electrons. The number of carbonyl (C=O) groups is 1. The van der Waals surface area contributed by atoms with Crippen LogP contribution in [0.3, 0.4) is 0 Å². The summed E-state index contributed by atoms with van der Waals surface area (Å²) in [6.07, 6.45) is 1.49. The van der Waals surface area contributed by atoms with Crippen LogP contribution in [0, 0.1) is 5.92 Å². The highest BCUT2D eigenvalue weighted by Crippen LogP contribution is 2.43. The lowest BCUT2D eigenvalue weighted by atomic mass is 9.80. The Kier molecular flexibility index (Phi) is 4.89. The van der Waals surface area contributed by atoms with Crippen molar-refractivity contribution in [1.29, 1.82) is 0 Å². The molecule has 1 N–H and O–H groups in total. The number of rotatable bonds is 4. The number of anilines is 2. The van der Waals surface area contributed by atoms with Gasteiger partial charge in [0.05, 0.1) is 6.04 Å². The molecule has 24 heavy (non-hydrogen) atoms. The molecule has 2 unspecified atom stereocenters. The van der Waals surface area contributed by atoms with Crippen molar-refractivity contribution in [3.63, 3.8) is 0 Å². The van der Waals surface area contributed by atoms with Gasteiger partial charge in [-0.05, 0) is 30.2 Å². The van der Waals surface area contributed by atoms with Crippen LogP contribution in [0.5, 0.6) is 0 Å². The number of fused-ring (bicyclic) bond motifs is 1. The summed E-state index contributed by atoms with van der Waals surface area (Å²) in [5.74, 6) is 0.542. The van der Waals surface area contributed by atoms with Crippen molar-refractivity contribution in [3.8, 4) is 0 Å². The van der Waals surface area contributed by atoms with Crippen LogP contribution in [0.1, 0.15) is 45.2 Å². The van der Waals surface area contributed by atoms with E-state index in [1.807, 2.05) is 36.1 Å². The summed E-state index contributed by atoms with van der Waals surface area (Å²) >= 11 is 0. The molecule has 0 aliphatic carbocycles. The molecule has 0 saturated heterocycles. The molecule has 3 heteroatoms. The van der Waals surface area contributed by atoms with Gasteiger partial charge >= 0.3 is 0 Å². The van der Waals surface area contributed by atoms with Gasteiger partial charge in [-0.15, -0.1) is 0 Å². The van der Waals surface area contributed by atoms with Crippen LogP contribution in [0.4, 0.5) is 11.4 Å². The van der Waals surface area contributed by atoms with E-state index in [0.717, 1.165) is 17.8 Å². The van der Waals surface area contributed by atoms with E-state index in [4.69, 9.17) is 0 Å². The largest absolute Gasteiger partial charge is 0.378 e. The Bertz CT molecular complexity index is 698. The number of hydrogen-bond donors (Lipinski definition) is 1. The summed E-state index contributed by atoms with van der Waals surface area (Å²) in [6.45, 7) is 6.36.